The summed E-state index contributed by atoms with van der Waals surface area (Å²) >= 11 is 0. The summed E-state index contributed by atoms with van der Waals surface area (Å²) in [7, 11) is 0. The molecule has 1 rings (SSSR count). The highest BCUT2D eigenvalue weighted by atomic mass is 16.6. The van der Waals surface area contributed by atoms with Crippen molar-refractivity contribution in [2.45, 2.75) is 52.3 Å². The van der Waals surface area contributed by atoms with Gasteiger partial charge in [-0.05, 0) is 47.4 Å². The molecule has 1 aliphatic rings. The average Bonchev–Trinajstić information content (AvgIpc) is 2.34. The van der Waals surface area contributed by atoms with Gasteiger partial charge in [-0.25, -0.2) is 9.79 Å². The number of carbonyl (C=O) groups is 1. The second-order valence-electron chi connectivity index (χ2n) is 6.41. The van der Waals surface area contributed by atoms with Gasteiger partial charge < -0.3 is 14.5 Å². The van der Waals surface area contributed by atoms with Gasteiger partial charge in [-0.15, -0.1) is 0 Å². The average molecular weight is 293 g/mol. The maximum atomic E-state index is 12.2. The Hall–Kier alpha value is -1.78. The van der Waals surface area contributed by atoms with Gasteiger partial charge in [0.15, 0.2) is 0 Å². The van der Waals surface area contributed by atoms with Crippen LogP contribution in [0.3, 0.4) is 0 Å². The molecule has 0 saturated carbocycles. The summed E-state index contributed by atoms with van der Waals surface area (Å²) in [5, 5.41) is 0. The van der Waals surface area contributed by atoms with E-state index in [1.165, 1.54) is 0 Å². The fraction of sp³-hybridized carbons (Fsp3) is 0.625. The molecule has 2 unspecified atom stereocenters. The first-order chi connectivity index (χ1) is 9.69. The van der Waals surface area contributed by atoms with E-state index in [0.717, 1.165) is 5.82 Å². The Morgan fingerprint density at radius 1 is 1.29 bits per heavy atom. The van der Waals surface area contributed by atoms with Crippen molar-refractivity contribution in [1.82, 2.24) is 9.80 Å². The maximum absolute atomic E-state index is 12.2. The Bertz CT molecular complexity index is 425. The van der Waals surface area contributed by atoms with Gasteiger partial charge in [0.2, 0.25) is 0 Å². The van der Waals surface area contributed by atoms with Crippen molar-refractivity contribution in [1.29, 1.82) is 0 Å². The predicted molar refractivity (Wildman–Crippen MR) is 86.4 cm³/mol. The Balaban J connectivity index is 2.82. The SMILES string of the molecule is C=C/C=C(\N=C)N1C(C)CN(C(=O)OC(C)(C)C)CC1C. The third kappa shape index (κ3) is 4.62. The van der Waals surface area contributed by atoms with E-state index in [0.29, 0.717) is 13.1 Å². The molecular formula is C16H27N3O2. The second-order valence-corrected chi connectivity index (χ2v) is 6.41. The van der Waals surface area contributed by atoms with Gasteiger partial charge in [-0.1, -0.05) is 12.7 Å². The molecular weight excluding hydrogens is 266 g/mol. The molecule has 0 aromatic carbocycles. The summed E-state index contributed by atoms with van der Waals surface area (Å²) in [6.45, 7) is 18.3. The molecule has 0 N–H and O–H groups in total. The molecule has 1 heterocycles. The lowest BCUT2D eigenvalue weighted by molar-refractivity contribution is -0.0000434. The van der Waals surface area contributed by atoms with E-state index in [1.54, 1.807) is 11.0 Å². The molecule has 5 nitrogen and oxygen atoms in total. The van der Waals surface area contributed by atoms with Crippen molar-refractivity contribution in [3.63, 3.8) is 0 Å². The van der Waals surface area contributed by atoms with Crippen LogP contribution in [0.4, 0.5) is 4.79 Å². The Labute approximate surface area is 128 Å². The number of aliphatic imine (C=N–C) groups is 1. The first kappa shape index (κ1) is 17.3. The van der Waals surface area contributed by atoms with Crippen LogP contribution in [0, 0.1) is 0 Å². The molecule has 5 heteroatoms. The number of nitrogens with zero attached hydrogens (tertiary/aromatic N) is 3. The molecule has 21 heavy (non-hydrogen) atoms. The second kappa shape index (κ2) is 6.78. The summed E-state index contributed by atoms with van der Waals surface area (Å²) in [5.74, 6) is 0.786. The number of carbonyl (C=O) groups excluding carboxylic acids is 1. The molecule has 1 fully saturated rings. The quantitative estimate of drug-likeness (QED) is 0.593. The van der Waals surface area contributed by atoms with Gasteiger partial charge in [-0.3, -0.25) is 0 Å². The topological polar surface area (TPSA) is 45.1 Å². The summed E-state index contributed by atoms with van der Waals surface area (Å²) < 4.78 is 5.45. The van der Waals surface area contributed by atoms with Crippen molar-refractivity contribution < 1.29 is 9.53 Å². The normalized spacial score (nSPS) is 23.8. The zero-order valence-corrected chi connectivity index (χ0v) is 13.8. The Morgan fingerprint density at radius 3 is 2.19 bits per heavy atom. The number of hydrogen-bond acceptors (Lipinski definition) is 4. The third-order valence-electron chi connectivity index (χ3n) is 3.26. The van der Waals surface area contributed by atoms with Crippen LogP contribution in [0.15, 0.2) is 29.5 Å². The molecule has 0 aliphatic carbocycles. The predicted octanol–water partition coefficient (Wildman–Crippen LogP) is 3.04. The van der Waals surface area contributed by atoms with E-state index in [2.05, 4.69) is 37.0 Å². The van der Waals surface area contributed by atoms with Crippen molar-refractivity contribution in [2.75, 3.05) is 13.1 Å². The van der Waals surface area contributed by atoms with Crippen molar-refractivity contribution >= 4 is 12.8 Å². The third-order valence-corrected chi connectivity index (χ3v) is 3.26. The monoisotopic (exact) mass is 293 g/mol. The summed E-state index contributed by atoms with van der Waals surface area (Å²) in [6, 6.07) is 0.274. The molecule has 0 radical (unpaired) electrons. The number of hydrogen-bond donors (Lipinski definition) is 0. The van der Waals surface area contributed by atoms with Crippen molar-refractivity contribution in [3.8, 4) is 0 Å². The van der Waals surface area contributed by atoms with Crippen LogP contribution in [0.2, 0.25) is 0 Å². The molecule has 2 atom stereocenters. The van der Waals surface area contributed by atoms with Gasteiger partial charge >= 0.3 is 6.09 Å². The number of amides is 1. The molecule has 0 aromatic rings. The molecule has 1 amide bonds. The van der Waals surface area contributed by atoms with Crippen LogP contribution in [0.1, 0.15) is 34.6 Å². The fourth-order valence-corrected chi connectivity index (χ4v) is 2.58. The lowest BCUT2D eigenvalue weighted by atomic mass is 10.1. The molecule has 118 valence electrons. The molecule has 1 aliphatic heterocycles. The van der Waals surface area contributed by atoms with Crippen molar-refractivity contribution in [2.24, 2.45) is 4.99 Å². The van der Waals surface area contributed by atoms with Gasteiger partial charge in [0, 0.05) is 25.2 Å². The van der Waals surface area contributed by atoms with Crippen LogP contribution in [-0.2, 0) is 4.74 Å². The first-order valence-electron chi connectivity index (χ1n) is 7.25. The van der Waals surface area contributed by atoms with Gasteiger partial charge in [0.1, 0.15) is 11.4 Å². The zero-order chi connectivity index (χ0) is 16.2. The summed E-state index contributed by atoms with van der Waals surface area (Å²) in [4.78, 5) is 20.2. The first-order valence-corrected chi connectivity index (χ1v) is 7.25. The minimum absolute atomic E-state index is 0.137. The summed E-state index contributed by atoms with van der Waals surface area (Å²) in [6.07, 6.45) is 3.27. The number of piperazine rings is 1. The smallest absolute Gasteiger partial charge is 0.410 e. The van der Waals surface area contributed by atoms with Crippen molar-refractivity contribution in [3.05, 3.63) is 24.6 Å². The van der Waals surface area contributed by atoms with Crippen LogP contribution in [0.25, 0.3) is 0 Å². The lowest BCUT2D eigenvalue weighted by Gasteiger charge is -2.45. The zero-order valence-electron chi connectivity index (χ0n) is 13.8. The van der Waals surface area contributed by atoms with E-state index in [-0.39, 0.29) is 18.2 Å². The minimum atomic E-state index is -0.475. The summed E-state index contributed by atoms with van der Waals surface area (Å²) in [5.41, 5.74) is -0.475. The van der Waals surface area contributed by atoms with Gasteiger partial charge in [-0.2, -0.15) is 0 Å². The molecule has 0 bridgehead atoms. The lowest BCUT2D eigenvalue weighted by Crippen LogP contribution is -2.57. The highest BCUT2D eigenvalue weighted by Crippen LogP contribution is 2.23. The number of rotatable bonds is 3. The maximum Gasteiger partial charge on any atom is 0.410 e. The van der Waals surface area contributed by atoms with Gasteiger partial charge in [0.05, 0.1) is 0 Å². The van der Waals surface area contributed by atoms with E-state index < -0.39 is 5.60 Å². The largest absolute Gasteiger partial charge is 0.444 e. The van der Waals surface area contributed by atoms with E-state index in [9.17, 15) is 4.79 Å². The molecule has 0 spiro atoms. The molecule has 0 aromatic heterocycles. The van der Waals surface area contributed by atoms with Crippen LogP contribution >= 0.6 is 0 Å². The number of ether oxygens (including phenoxy) is 1. The van der Waals surface area contributed by atoms with E-state index in [4.69, 9.17) is 4.74 Å². The van der Waals surface area contributed by atoms with Crippen LogP contribution < -0.4 is 0 Å². The Kier molecular flexibility index (Phi) is 5.58. The van der Waals surface area contributed by atoms with E-state index in [1.807, 2.05) is 26.8 Å². The highest BCUT2D eigenvalue weighted by molar-refractivity contribution is 5.68. The van der Waals surface area contributed by atoms with E-state index >= 15 is 0 Å². The fourth-order valence-electron chi connectivity index (χ4n) is 2.58. The minimum Gasteiger partial charge on any atom is -0.444 e. The highest BCUT2D eigenvalue weighted by Gasteiger charge is 2.34. The van der Waals surface area contributed by atoms with Gasteiger partial charge in [0.25, 0.3) is 0 Å². The molecule has 1 saturated heterocycles. The number of allylic oxidation sites excluding steroid dienone is 2. The van der Waals surface area contributed by atoms with Crippen LogP contribution in [0.5, 0.6) is 0 Å². The van der Waals surface area contributed by atoms with Crippen LogP contribution in [-0.4, -0.2) is 53.4 Å². The standard InChI is InChI=1S/C16H27N3O2/c1-8-9-14(17-7)19-12(2)10-18(11-13(19)3)15(20)21-16(4,5)6/h8-9,12-13H,1,7,10-11H2,2-6H3/b14-9+. The Morgan fingerprint density at radius 2 is 1.81 bits per heavy atom.